The normalized spacial score (nSPS) is 11.5. The number of hydrogen-bond acceptors (Lipinski definition) is 4. The summed E-state index contributed by atoms with van der Waals surface area (Å²) >= 11 is 0. The number of ether oxygens (including phenoxy) is 3. The van der Waals surface area contributed by atoms with Gasteiger partial charge < -0.3 is 14.2 Å². The van der Waals surface area contributed by atoms with Crippen LogP contribution in [0.2, 0.25) is 39.3 Å². The van der Waals surface area contributed by atoms with Gasteiger partial charge in [-0.25, -0.2) is 4.79 Å². The van der Waals surface area contributed by atoms with Gasteiger partial charge in [0, 0.05) is 13.2 Å². The van der Waals surface area contributed by atoms with Crippen LogP contribution in [-0.4, -0.2) is 41.6 Å². The molecule has 1 aromatic rings. The zero-order valence-electron chi connectivity index (χ0n) is 17.9. The molecule has 148 valence electrons. The lowest BCUT2D eigenvalue weighted by molar-refractivity contribution is -0.123. The first kappa shape index (κ1) is 24.8. The summed E-state index contributed by atoms with van der Waals surface area (Å²) in [5.74, 6) is 2.51. The van der Waals surface area contributed by atoms with Crippen molar-refractivity contribution >= 4 is 32.5 Å². The summed E-state index contributed by atoms with van der Waals surface area (Å²) in [7, 11) is -2.94. The van der Waals surface area contributed by atoms with E-state index in [2.05, 4.69) is 45.3 Å². The van der Waals surface area contributed by atoms with Crippen molar-refractivity contribution < 1.29 is 19.0 Å². The molecule has 0 saturated heterocycles. The predicted octanol–water partition coefficient (Wildman–Crippen LogP) is 3.91. The van der Waals surface area contributed by atoms with Crippen LogP contribution >= 0.6 is 0 Å². The van der Waals surface area contributed by atoms with E-state index in [4.69, 9.17) is 14.2 Å². The van der Waals surface area contributed by atoms with Crippen LogP contribution in [0.1, 0.15) is 20.8 Å². The van der Waals surface area contributed by atoms with E-state index in [0.717, 1.165) is 25.2 Å². The summed E-state index contributed by atoms with van der Waals surface area (Å²) in [6.07, 6.45) is 1.07. The highest BCUT2D eigenvalue weighted by atomic mass is 28.3. The molecule has 0 fully saturated rings. The molecule has 0 radical (unpaired) electrons. The Balaban J connectivity index is 0.000000660. The van der Waals surface area contributed by atoms with Gasteiger partial charge in [-0.2, -0.15) is 0 Å². The second kappa shape index (κ2) is 11.5. The molecule has 0 aliphatic heterocycles. The van der Waals surface area contributed by atoms with Crippen molar-refractivity contribution in [2.75, 3.05) is 13.2 Å². The van der Waals surface area contributed by atoms with Gasteiger partial charge in [0.25, 0.3) is 0 Å². The third kappa shape index (κ3) is 8.96. The molecular formula is C20H36O4Si2. The maximum absolute atomic E-state index is 10.3. The topological polar surface area (TPSA) is 44.8 Å². The molecule has 26 heavy (non-hydrogen) atoms. The number of benzene rings is 1. The molecule has 6 heteroatoms. The van der Waals surface area contributed by atoms with Crippen LogP contribution in [-0.2, 0) is 14.3 Å². The minimum atomic E-state index is -1.52. The number of rotatable bonds is 8. The van der Waals surface area contributed by atoms with E-state index in [0.29, 0.717) is 0 Å². The summed E-state index contributed by atoms with van der Waals surface area (Å²) in [5.41, 5.74) is 0. The standard InChI is InChI=1S/C14H22O2Si2.C6H14O2/c1-17(2,3)13-9-7-8-12(16-11-10-15)14(13)18(4,5)6;1-4-7-6(3)8-5-2/h7-9,11H,1-6H3;6H,4-5H2,1-3H3. The molecule has 0 atom stereocenters. The van der Waals surface area contributed by atoms with Crippen LogP contribution in [0.15, 0.2) is 24.5 Å². The Kier molecular flexibility index (Phi) is 11.0. The van der Waals surface area contributed by atoms with Crippen LogP contribution in [0.25, 0.3) is 0 Å². The van der Waals surface area contributed by atoms with Gasteiger partial charge in [0.2, 0.25) is 0 Å². The Bertz CT molecular complexity index is 576. The fourth-order valence-electron chi connectivity index (χ4n) is 2.63. The Morgan fingerprint density at radius 1 is 1.00 bits per heavy atom. The Morgan fingerprint density at radius 3 is 1.92 bits per heavy atom. The Hall–Kier alpha value is -1.18. The second-order valence-electron chi connectivity index (χ2n) is 8.01. The summed E-state index contributed by atoms with van der Waals surface area (Å²) in [6.45, 7) is 21.2. The van der Waals surface area contributed by atoms with Crippen LogP contribution in [0, 0.1) is 0 Å². The van der Waals surface area contributed by atoms with Crippen LogP contribution in [0.3, 0.4) is 0 Å². The smallest absolute Gasteiger partial charge is 0.174 e. The second-order valence-corrected chi connectivity index (χ2v) is 18.0. The van der Waals surface area contributed by atoms with Gasteiger partial charge in [-0.3, -0.25) is 0 Å². The van der Waals surface area contributed by atoms with Crippen LogP contribution in [0.4, 0.5) is 0 Å². The lowest BCUT2D eigenvalue weighted by Gasteiger charge is -2.29. The highest BCUT2D eigenvalue weighted by Crippen LogP contribution is 2.16. The zero-order valence-corrected chi connectivity index (χ0v) is 19.9. The number of hydrogen-bond donors (Lipinski definition) is 0. The Labute approximate surface area is 161 Å². The average Bonchev–Trinajstić information content (AvgIpc) is 2.52. The monoisotopic (exact) mass is 396 g/mol. The lowest BCUT2D eigenvalue weighted by atomic mass is 10.3. The van der Waals surface area contributed by atoms with Gasteiger partial charge >= 0.3 is 0 Å². The van der Waals surface area contributed by atoms with Crippen LogP contribution in [0.5, 0.6) is 5.75 Å². The molecule has 1 aromatic carbocycles. The molecule has 0 N–H and O–H groups in total. The van der Waals surface area contributed by atoms with Gasteiger partial charge in [0.15, 0.2) is 18.5 Å². The summed E-state index contributed by atoms with van der Waals surface area (Å²) in [5, 5.41) is 2.79. The molecule has 0 heterocycles. The van der Waals surface area contributed by atoms with E-state index in [-0.39, 0.29) is 6.29 Å². The van der Waals surface area contributed by atoms with Crippen molar-refractivity contribution in [1.82, 2.24) is 0 Å². The third-order valence-electron chi connectivity index (χ3n) is 3.62. The minimum Gasteiger partial charge on any atom is -0.454 e. The first-order valence-corrected chi connectivity index (χ1v) is 16.2. The SMILES string of the molecule is CCOC(C)OCC.C[Si](C)(C)c1cccc(OC=C=O)c1[Si](C)(C)C. The largest absolute Gasteiger partial charge is 0.454 e. The van der Waals surface area contributed by atoms with Crippen molar-refractivity contribution in [2.45, 2.75) is 66.3 Å². The minimum absolute atomic E-state index is 0.0370. The summed E-state index contributed by atoms with van der Waals surface area (Å²) < 4.78 is 15.6. The zero-order chi connectivity index (χ0) is 20.4. The van der Waals surface area contributed by atoms with Crippen molar-refractivity contribution in [3.8, 4) is 5.75 Å². The molecule has 0 aromatic heterocycles. The highest BCUT2D eigenvalue weighted by molar-refractivity contribution is 6.99. The average molecular weight is 397 g/mol. The first-order chi connectivity index (χ1) is 12.0. The van der Waals surface area contributed by atoms with Gasteiger partial charge in [-0.05, 0) is 32.0 Å². The van der Waals surface area contributed by atoms with Crippen molar-refractivity contribution in [3.63, 3.8) is 0 Å². The lowest BCUT2D eigenvalue weighted by Crippen LogP contribution is -2.56. The van der Waals surface area contributed by atoms with Crippen molar-refractivity contribution in [2.24, 2.45) is 0 Å². The van der Waals surface area contributed by atoms with E-state index >= 15 is 0 Å². The molecule has 0 unspecified atom stereocenters. The summed E-state index contributed by atoms with van der Waals surface area (Å²) in [4.78, 5) is 10.3. The van der Waals surface area contributed by atoms with Gasteiger partial charge in [0.05, 0.1) is 16.1 Å². The van der Waals surface area contributed by atoms with Crippen LogP contribution < -0.4 is 15.1 Å². The molecule has 1 rings (SSSR count). The number of carbonyl (C=O) groups excluding carboxylic acids is 1. The molecular weight excluding hydrogens is 360 g/mol. The molecule has 0 saturated carbocycles. The molecule has 0 aliphatic carbocycles. The van der Waals surface area contributed by atoms with E-state index in [1.165, 1.54) is 10.4 Å². The van der Waals surface area contributed by atoms with Crippen molar-refractivity contribution in [1.29, 1.82) is 0 Å². The van der Waals surface area contributed by atoms with E-state index < -0.39 is 16.1 Å². The van der Waals surface area contributed by atoms with Gasteiger partial charge in [-0.15, -0.1) is 0 Å². The third-order valence-corrected chi connectivity index (χ3v) is 7.92. The Morgan fingerprint density at radius 2 is 1.54 bits per heavy atom. The quantitative estimate of drug-likeness (QED) is 0.289. The first-order valence-electron chi connectivity index (χ1n) is 9.22. The molecule has 0 spiro atoms. The highest BCUT2D eigenvalue weighted by Gasteiger charge is 2.30. The van der Waals surface area contributed by atoms with E-state index in [1.807, 2.05) is 32.9 Å². The molecule has 0 amide bonds. The van der Waals surface area contributed by atoms with Gasteiger partial charge in [-0.1, -0.05) is 56.6 Å². The fourth-order valence-corrected chi connectivity index (χ4v) is 8.13. The molecule has 4 nitrogen and oxygen atoms in total. The maximum atomic E-state index is 10.3. The molecule has 0 bridgehead atoms. The molecule has 0 aliphatic rings. The predicted molar refractivity (Wildman–Crippen MR) is 116 cm³/mol. The summed E-state index contributed by atoms with van der Waals surface area (Å²) in [6, 6.07) is 6.19. The van der Waals surface area contributed by atoms with E-state index in [9.17, 15) is 4.79 Å². The van der Waals surface area contributed by atoms with E-state index in [1.54, 1.807) is 5.94 Å². The van der Waals surface area contributed by atoms with Crippen molar-refractivity contribution in [3.05, 3.63) is 24.5 Å². The fraction of sp³-hybridized carbons (Fsp3) is 0.600. The van der Waals surface area contributed by atoms with Gasteiger partial charge in [0.1, 0.15) is 5.75 Å². The maximum Gasteiger partial charge on any atom is 0.174 e.